The van der Waals surface area contributed by atoms with Gasteiger partial charge in [0.25, 0.3) is 0 Å². The molecule has 0 aliphatic heterocycles. The topological polar surface area (TPSA) is 54.7 Å². The van der Waals surface area contributed by atoms with Gasteiger partial charge in [0, 0.05) is 11.8 Å². The van der Waals surface area contributed by atoms with Crippen molar-refractivity contribution in [1.82, 2.24) is 9.97 Å². The van der Waals surface area contributed by atoms with Crippen molar-refractivity contribution in [1.29, 1.82) is 0 Å². The van der Waals surface area contributed by atoms with Gasteiger partial charge in [0.05, 0.1) is 11.3 Å². The molecule has 2 aromatic rings. The van der Waals surface area contributed by atoms with Crippen LogP contribution in [-0.4, -0.2) is 9.97 Å². The fourth-order valence-corrected chi connectivity index (χ4v) is 1.31. The lowest BCUT2D eigenvalue weighted by atomic mass is 10.1. The molecule has 0 saturated heterocycles. The van der Waals surface area contributed by atoms with Gasteiger partial charge in [0.15, 0.2) is 5.95 Å². The number of rotatable bonds is 1. The molecule has 6 heteroatoms. The highest BCUT2D eigenvalue weighted by molar-refractivity contribution is 5.60. The Labute approximate surface area is 89.1 Å². The number of alkyl halides is 3. The predicted molar refractivity (Wildman–Crippen MR) is 53.4 cm³/mol. The molecule has 1 aromatic heterocycles. The first-order chi connectivity index (χ1) is 7.47. The third-order valence-corrected chi connectivity index (χ3v) is 2.11. The van der Waals surface area contributed by atoms with Gasteiger partial charge in [-0.15, -0.1) is 0 Å². The maximum Gasteiger partial charge on any atom is 0.416 e. The van der Waals surface area contributed by atoms with E-state index in [4.69, 9.17) is 5.73 Å². The van der Waals surface area contributed by atoms with Crippen LogP contribution in [-0.2, 0) is 6.18 Å². The summed E-state index contributed by atoms with van der Waals surface area (Å²) < 4.78 is 36.9. The Morgan fingerprint density at radius 1 is 1.12 bits per heavy atom. The molecule has 0 unspecified atom stereocenters. The molecular weight excluding hydrogens is 219 g/mol. The molecule has 3 nitrogen and oxygen atoms in total. The molecule has 0 aliphatic rings. The van der Waals surface area contributed by atoms with E-state index in [0.29, 0.717) is 11.3 Å². The highest BCUT2D eigenvalue weighted by Crippen LogP contribution is 2.30. The maximum absolute atomic E-state index is 12.3. The van der Waals surface area contributed by atoms with E-state index in [9.17, 15) is 13.2 Å². The minimum absolute atomic E-state index is 0.231. The van der Waals surface area contributed by atoms with Crippen LogP contribution in [0.4, 0.5) is 19.1 Å². The van der Waals surface area contributed by atoms with Crippen molar-refractivity contribution < 1.29 is 13.2 Å². The van der Waals surface area contributed by atoms with Crippen molar-refractivity contribution in [2.75, 3.05) is 5.73 Å². The quantitative estimate of drug-likeness (QED) is 0.786. The van der Waals surface area contributed by atoms with E-state index >= 15 is 0 Å². The average Bonchev–Trinajstić information content (AvgIpc) is 2.64. The standard InChI is InChI=1S/C10H8F3N3/c11-10(12,13)7-3-1-6(2-4-7)8-5-15-9(14)16-8/h1-5H,(H3,14,15,16). The molecule has 1 aromatic carbocycles. The Morgan fingerprint density at radius 2 is 1.75 bits per heavy atom. The van der Waals surface area contributed by atoms with E-state index in [1.807, 2.05) is 0 Å². The molecule has 0 fully saturated rings. The van der Waals surface area contributed by atoms with Crippen LogP contribution in [0.2, 0.25) is 0 Å². The van der Waals surface area contributed by atoms with E-state index in [-0.39, 0.29) is 5.95 Å². The molecule has 0 saturated carbocycles. The zero-order chi connectivity index (χ0) is 11.8. The van der Waals surface area contributed by atoms with E-state index in [1.165, 1.54) is 18.3 Å². The zero-order valence-electron chi connectivity index (χ0n) is 8.05. The molecule has 16 heavy (non-hydrogen) atoms. The second kappa shape index (κ2) is 3.55. The summed E-state index contributed by atoms with van der Waals surface area (Å²) in [6.45, 7) is 0. The molecule has 0 aliphatic carbocycles. The van der Waals surface area contributed by atoms with Crippen LogP contribution in [0, 0.1) is 0 Å². The Hall–Kier alpha value is -1.98. The molecule has 0 spiro atoms. The van der Waals surface area contributed by atoms with Gasteiger partial charge in [0.2, 0.25) is 0 Å². The number of hydrogen-bond acceptors (Lipinski definition) is 2. The molecule has 2 rings (SSSR count). The molecule has 84 valence electrons. The van der Waals surface area contributed by atoms with Crippen LogP contribution in [0.5, 0.6) is 0 Å². The third-order valence-electron chi connectivity index (χ3n) is 2.11. The number of H-pyrrole nitrogens is 1. The lowest BCUT2D eigenvalue weighted by Crippen LogP contribution is -2.03. The first-order valence-corrected chi connectivity index (χ1v) is 4.45. The van der Waals surface area contributed by atoms with Gasteiger partial charge in [-0.2, -0.15) is 13.2 Å². The number of nitrogens with one attached hydrogen (secondary N) is 1. The number of nitrogens with two attached hydrogens (primary N) is 1. The number of nitrogens with zero attached hydrogens (tertiary/aromatic N) is 1. The van der Waals surface area contributed by atoms with E-state index < -0.39 is 11.7 Å². The summed E-state index contributed by atoms with van der Waals surface area (Å²) in [6.07, 6.45) is -2.78. The SMILES string of the molecule is Nc1nc(-c2ccc(C(F)(F)F)cc2)c[nH]1. The molecule has 0 radical (unpaired) electrons. The lowest BCUT2D eigenvalue weighted by Gasteiger charge is -2.06. The molecule has 0 amide bonds. The Kier molecular flexibility index (Phi) is 2.34. The van der Waals surface area contributed by atoms with Gasteiger partial charge in [-0.1, -0.05) is 12.1 Å². The van der Waals surface area contributed by atoms with Crippen molar-refractivity contribution in [3.63, 3.8) is 0 Å². The number of hydrogen-bond donors (Lipinski definition) is 2. The fraction of sp³-hybridized carbons (Fsp3) is 0.100. The van der Waals surface area contributed by atoms with Gasteiger partial charge in [0.1, 0.15) is 0 Å². The number of aromatic nitrogens is 2. The van der Waals surface area contributed by atoms with Crippen LogP contribution in [0.1, 0.15) is 5.56 Å². The minimum atomic E-state index is -4.32. The summed E-state index contributed by atoms with van der Waals surface area (Å²) in [5.41, 5.74) is 5.79. The lowest BCUT2D eigenvalue weighted by molar-refractivity contribution is -0.137. The summed E-state index contributed by atoms with van der Waals surface area (Å²) in [5.74, 6) is 0.231. The summed E-state index contributed by atoms with van der Waals surface area (Å²) >= 11 is 0. The maximum atomic E-state index is 12.3. The highest BCUT2D eigenvalue weighted by atomic mass is 19.4. The van der Waals surface area contributed by atoms with E-state index in [0.717, 1.165) is 12.1 Å². The van der Waals surface area contributed by atoms with Crippen molar-refractivity contribution in [3.8, 4) is 11.3 Å². The summed E-state index contributed by atoms with van der Waals surface area (Å²) in [7, 11) is 0. The van der Waals surface area contributed by atoms with Crippen molar-refractivity contribution in [2.24, 2.45) is 0 Å². The van der Waals surface area contributed by atoms with Gasteiger partial charge in [-0.05, 0) is 12.1 Å². The highest BCUT2D eigenvalue weighted by Gasteiger charge is 2.29. The summed E-state index contributed by atoms with van der Waals surface area (Å²) in [4.78, 5) is 6.57. The Balaban J connectivity index is 2.33. The smallest absolute Gasteiger partial charge is 0.369 e. The Bertz CT molecular complexity index is 485. The number of halogens is 3. The minimum Gasteiger partial charge on any atom is -0.369 e. The first kappa shape index (κ1) is 10.5. The number of aromatic amines is 1. The molecule has 3 N–H and O–H groups in total. The third kappa shape index (κ3) is 2.00. The van der Waals surface area contributed by atoms with Gasteiger partial charge >= 0.3 is 6.18 Å². The molecule has 1 heterocycles. The van der Waals surface area contributed by atoms with Crippen molar-refractivity contribution >= 4 is 5.95 Å². The monoisotopic (exact) mass is 227 g/mol. The van der Waals surface area contributed by atoms with E-state index in [1.54, 1.807) is 0 Å². The largest absolute Gasteiger partial charge is 0.416 e. The average molecular weight is 227 g/mol. The summed E-state index contributed by atoms with van der Waals surface area (Å²) in [5, 5.41) is 0. The van der Waals surface area contributed by atoms with Crippen LogP contribution >= 0.6 is 0 Å². The van der Waals surface area contributed by atoms with Crippen LogP contribution in [0.15, 0.2) is 30.5 Å². The number of anilines is 1. The number of imidazole rings is 1. The van der Waals surface area contributed by atoms with Gasteiger partial charge in [-0.25, -0.2) is 4.98 Å². The first-order valence-electron chi connectivity index (χ1n) is 4.45. The van der Waals surface area contributed by atoms with E-state index in [2.05, 4.69) is 9.97 Å². The Morgan fingerprint density at radius 3 is 2.19 bits per heavy atom. The van der Waals surface area contributed by atoms with Crippen molar-refractivity contribution in [3.05, 3.63) is 36.0 Å². The van der Waals surface area contributed by atoms with Gasteiger partial charge in [-0.3, -0.25) is 0 Å². The zero-order valence-corrected chi connectivity index (χ0v) is 8.05. The fourth-order valence-electron chi connectivity index (χ4n) is 1.31. The molecule has 0 bridgehead atoms. The van der Waals surface area contributed by atoms with Crippen LogP contribution in [0.25, 0.3) is 11.3 Å². The number of nitrogen functional groups attached to an aromatic ring is 1. The van der Waals surface area contributed by atoms with Crippen molar-refractivity contribution in [2.45, 2.75) is 6.18 Å². The second-order valence-corrected chi connectivity index (χ2v) is 3.25. The summed E-state index contributed by atoms with van der Waals surface area (Å²) in [6, 6.07) is 4.75. The number of benzene rings is 1. The molecule has 0 atom stereocenters. The van der Waals surface area contributed by atoms with Crippen LogP contribution < -0.4 is 5.73 Å². The van der Waals surface area contributed by atoms with Gasteiger partial charge < -0.3 is 10.7 Å². The predicted octanol–water partition coefficient (Wildman–Crippen LogP) is 2.68. The van der Waals surface area contributed by atoms with Crippen LogP contribution in [0.3, 0.4) is 0 Å². The molecular formula is C10H8F3N3. The normalized spacial score (nSPS) is 11.7. The second-order valence-electron chi connectivity index (χ2n) is 3.25.